The van der Waals surface area contributed by atoms with E-state index in [1.54, 1.807) is 31.3 Å². The third-order valence-corrected chi connectivity index (χ3v) is 3.79. The average Bonchev–Trinajstić information content (AvgIpc) is 3.05. The van der Waals surface area contributed by atoms with E-state index in [1.807, 2.05) is 0 Å². The highest BCUT2D eigenvalue weighted by Gasteiger charge is 2.16. The first-order chi connectivity index (χ1) is 11.1. The molecule has 1 atom stereocenters. The van der Waals surface area contributed by atoms with Crippen LogP contribution in [0.1, 0.15) is 36.0 Å². The lowest BCUT2D eigenvalue weighted by Crippen LogP contribution is -2.28. The number of benzene rings is 1. The number of aliphatic carboxylic acids is 1. The van der Waals surface area contributed by atoms with Crippen LogP contribution in [-0.4, -0.2) is 54.8 Å². The van der Waals surface area contributed by atoms with Gasteiger partial charge in [0.25, 0.3) is 5.91 Å². The van der Waals surface area contributed by atoms with Crippen LogP contribution in [0.5, 0.6) is 5.75 Å². The number of hydrogen-bond acceptors (Lipinski definition) is 4. The van der Waals surface area contributed by atoms with Gasteiger partial charge in [-0.1, -0.05) is 0 Å². The summed E-state index contributed by atoms with van der Waals surface area (Å²) < 4.78 is 11.2. The highest BCUT2D eigenvalue weighted by atomic mass is 16.5. The van der Waals surface area contributed by atoms with Crippen molar-refractivity contribution in [2.45, 2.75) is 31.8 Å². The molecule has 0 aromatic heterocycles. The Bertz CT molecular complexity index is 522. The van der Waals surface area contributed by atoms with Gasteiger partial charge in [0, 0.05) is 32.2 Å². The zero-order valence-electron chi connectivity index (χ0n) is 13.4. The van der Waals surface area contributed by atoms with Crippen molar-refractivity contribution in [3.05, 3.63) is 29.8 Å². The molecule has 0 unspecified atom stereocenters. The lowest BCUT2D eigenvalue weighted by atomic mass is 10.2. The average molecular weight is 321 g/mol. The second-order valence-electron chi connectivity index (χ2n) is 5.69. The van der Waals surface area contributed by atoms with Crippen molar-refractivity contribution in [2.24, 2.45) is 0 Å². The largest absolute Gasteiger partial charge is 0.491 e. The molecule has 0 aliphatic carbocycles. The van der Waals surface area contributed by atoms with Crippen LogP contribution in [0.15, 0.2) is 24.3 Å². The number of carbonyl (C=O) groups is 2. The molecule has 1 saturated heterocycles. The van der Waals surface area contributed by atoms with E-state index >= 15 is 0 Å². The van der Waals surface area contributed by atoms with Crippen molar-refractivity contribution in [3.8, 4) is 5.75 Å². The number of amides is 1. The van der Waals surface area contributed by atoms with Gasteiger partial charge >= 0.3 is 5.97 Å². The van der Waals surface area contributed by atoms with Gasteiger partial charge in [-0.25, -0.2) is 0 Å². The molecule has 1 aromatic carbocycles. The van der Waals surface area contributed by atoms with Gasteiger partial charge in [-0.05, 0) is 43.5 Å². The van der Waals surface area contributed by atoms with Crippen LogP contribution >= 0.6 is 0 Å². The van der Waals surface area contributed by atoms with Gasteiger partial charge in [-0.3, -0.25) is 9.59 Å². The number of carboxylic acid groups (broad SMARTS) is 1. The summed E-state index contributed by atoms with van der Waals surface area (Å²) in [4.78, 5) is 24.2. The minimum Gasteiger partial charge on any atom is -0.491 e. The molecule has 0 bridgehead atoms. The summed E-state index contributed by atoms with van der Waals surface area (Å²) >= 11 is 0. The summed E-state index contributed by atoms with van der Waals surface area (Å²) in [6, 6.07) is 6.99. The van der Waals surface area contributed by atoms with E-state index in [-0.39, 0.29) is 18.4 Å². The first kappa shape index (κ1) is 17.3. The van der Waals surface area contributed by atoms with Gasteiger partial charge in [-0.2, -0.15) is 0 Å². The maximum Gasteiger partial charge on any atom is 0.303 e. The van der Waals surface area contributed by atoms with E-state index < -0.39 is 5.97 Å². The van der Waals surface area contributed by atoms with Crippen LogP contribution < -0.4 is 4.74 Å². The Morgan fingerprint density at radius 3 is 2.70 bits per heavy atom. The van der Waals surface area contributed by atoms with Crippen molar-refractivity contribution in [1.29, 1.82) is 0 Å². The standard InChI is InChI=1S/C17H23NO5/c1-18(10-2-5-16(19)20)17(21)13-6-8-14(9-7-13)23-12-15-4-3-11-22-15/h6-9,15H,2-5,10-12H2,1H3,(H,19,20)/t15-/m0/s1. The Labute approximate surface area is 136 Å². The third-order valence-electron chi connectivity index (χ3n) is 3.79. The second kappa shape index (κ2) is 8.53. The van der Waals surface area contributed by atoms with E-state index in [4.69, 9.17) is 14.6 Å². The van der Waals surface area contributed by atoms with Gasteiger partial charge in [0.1, 0.15) is 12.4 Å². The number of nitrogens with zero attached hydrogens (tertiary/aromatic N) is 1. The molecular weight excluding hydrogens is 298 g/mol. The summed E-state index contributed by atoms with van der Waals surface area (Å²) in [7, 11) is 1.67. The molecule has 0 spiro atoms. The molecule has 1 aliphatic rings. The summed E-state index contributed by atoms with van der Waals surface area (Å²) in [5.41, 5.74) is 0.562. The monoisotopic (exact) mass is 321 g/mol. The van der Waals surface area contributed by atoms with Crippen molar-refractivity contribution in [2.75, 3.05) is 26.8 Å². The van der Waals surface area contributed by atoms with Crippen molar-refractivity contribution in [3.63, 3.8) is 0 Å². The van der Waals surface area contributed by atoms with Crippen molar-refractivity contribution < 1.29 is 24.2 Å². The molecule has 1 aliphatic heterocycles. The topological polar surface area (TPSA) is 76.1 Å². The maximum absolute atomic E-state index is 12.2. The van der Waals surface area contributed by atoms with Gasteiger partial charge in [-0.15, -0.1) is 0 Å². The summed E-state index contributed by atoms with van der Waals surface area (Å²) in [5.74, 6) is -0.259. The van der Waals surface area contributed by atoms with Crippen LogP contribution in [0.4, 0.5) is 0 Å². The Kier molecular flexibility index (Phi) is 6.40. The number of rotatable bonds is 8. The Morgan fingerprint density at radius 1 is 1.35 bits per heavy atom. The number of carboxylic acids is 1. The lowest BCUT2D eigenvalue weighted by molar-refractivity contribution is -0.137. The molecule has 1 N–H and O–H groups in total. The SMILES string of the molecule is CN(CCCC(=O)O)C(=O)c1ccc(OC[C@@H]2CCCO2)cc1. The molecule has 2 rings (SSSR count). The molecular formula is C17H23NO5. The van der Waals surface area contributed by atoms with E-state index in [1.165, 1.54) is 4.90 Å². The molecule has 6 nitrogen and oxygen atoms in total. The molecule has 6 heteroatoms. The van der Waals surface area contributed by atoms with Crippen molar-refractivity contribution in [1.82, 2.24) is 4.90 Å². The molecule has 1 heterocycles. The fourth-order valence-electron chi connectivity index (χ4n) is 2.45. The van der Waals surface area contributed by atoms with Crippen LogP contribution in [0.2, 0.25) is 0 Å². The van der Waals surface area contributed by atoms with Crippen LogP contribution in [0, 0.1) is 0 Å². The third kappa shape index (κ3) is 5.56. The van der Waals surface area contributed by atoms with Gasteiger partial charge in [0.05, 0.1) is 6.10 Å². The van der Waals surface area contributed by atoms with E-state index in [9.17, 15) is 9.59 Å². The Hall–Kier alpha value is -2.08. The zero-order valence-corrected chi connectivity index (χ0v) is 13.4. The molecule has 23 heavy (non-hydrogen) atoms. The fourth-order valence-corrected chi connectivity index (χ4v) is 2.45. The minimum atomic E-state index is -0.849. The predicted octanol–water partition coefficient (Wildman–Crippen LogP) is 2.18. The molecule has 0 saturated carbocycles. The van der Waals surface area contributed by atoms with Crippen LogP contribution in [-0.2, 0) is 9.53 Å². The highest BCUT2D eigenvalue weighted by Crippen LogP contribution is 2.17. The molecule has 126 valence electrons. The minimum absolute atomic E-state index is 0.0631. The van der Waals surface area contributed by atoms with Crippen LogP contribution in [0.3, 0.4) is 0 Å². The number of carbonyl (C=O) groups excluding carboxylic acids is 1. The Balaban J connectivity index is 1.80. The lowest BCUT2D eigenvalue weighted by Gasteiger charge is -2.17. The number of hydrogen-bond donors (Lipinski definition) is 1. The fraction of sp³-hybridized carbons (Fsp3) is 0.529. The van der Waals surface area contributed by atoms with E-state index in [2.05, 4.69) is 0 Å². The quantitative estimate of drug-likeness (QED) is 0.794. The second-order valence-corrected chi connectivity index (χ2v) is 5.69. The Morgan fingerprint density at radius 2 is 2.09 bits per heavy atom. The van der Waals surface area contributed by atoms with Crippen LogP contribution in [0.25, 0.3) is 0 Å². The van der Waals surface area contributed by atoms with Gasteiger partial charge in [0.15, 0.2) is 0 Å². The first-order valence-electron chi connectivity index (χ1n) is 7.88. The van der Waals surface area contributed by atoms with E-state index in [0.717, 1.165) is 19.4 Å². The van der Waals surface area contributed by atoms with Crippen molar-refractivity contribution >= 4 is 11.9 Å². The summed E-state index contributed by atoms with van der Waals surface area (Å²) in [5, 5.41) is 8.62. The predicted molar refractivity (Wildman–Crippen MR) is 84.7 cm³/mol. The normalized spacial score (nSPS) is 17.0. The highest BCUT2D eigenvalue weighted by molar-refractivity contribution is 5.94. The molecule has 1 amide bonds. The van der Waals surface area contributed by atoms with Gasteiger partial charge in [0.2, 0.25) is 0 Å². The van der Waals surface area contributed by atoms with Gasteiger partial charge < -0.3 is 19.5 Å². The van der Waals surface area contributed by atoms with E-state index in [0.29, 0.717) is 30.9 Å². The molecule has 0 radical (unpaired) electrons. The smallest absolute Gasteiger partial charge is 0.303 e. The zero-order chi connectivity index (χ0) is 16.7. The summed E-state index contributed by atoms with van der Waals surface area (Å²) in [6.45, 7) is 1.75. The number of ether oxygens (including phenoxy) is 2. The molecule has 1 fully saturated rings. The first-order valence-corrected chi connectivity index (χ1v) is 7.88. The maximum atomic E-state index is 12.2. The molecule has 1 aromatic rings. The summed E-state index contributed by atoms with van der Waals surface area (Å²) in [6.07, 6.45) is 2.78.